The van der Waals surface area contributed by atoms with Gasteiger partial charge < -0.3 is 5.32 Å². The zero-order valence-corrected chi connectivity index (χ0v) is 24.1. The summed E-state index contributed by atoms with van der Waals surface area (Å²) in [7, 11) is 0. The molecule has 6 nitrogen and oxygen atoms in total. The number of rotatable bonds is 7. The average Bonchev–Trinajstić information content (AvgIpc) is 3.33. The van der Waals surface area contributed by atoms with E-state index < -0.39 is 0 Å². The Bertz CT molecular complexity index is 1750. The van der Waals surface area contributed by atoms with Gasteiger partial charge in [-0.05, 0) is 60.7 Å². The van der Waals surface area contributed by atoms with E-state index in [2.05, 4.69) is 34.5 Å². The van der Waals surface area contributed by atoms with Crippen LogP contribution in [-0.2, 0) is 24.3 Å². The summed E-state index contributed by atoms with van der Waals surface area (Å²) in [6, 6.07) is 26.1. The van der Waals surface area contributed by atoms with Gasteiger partial charge in [0, 0.05) is 30.2 Å². The first kappa shape index (κ1) is 26.5. The van der Waals surface area contributed by atoms with E-state index >= 15 is 0 Å². The van der Waals surface area contributed by atoms with Crippen LogP contribution in [0.15, 0.2) is 88.8 Å². The summed E-state index contributed by atoms with van der Waals surface area (Å²) in [4.78, 5) is 36.4. The molecule has 3 heterocycles. The molecule has 0 atom stereocenters. The molecule has 0 spiro atoms. The summed E-state index contributed by atoms with van der Waals surface area (Å²) in [6.45, 7) is 6.56. The maximum atomic E-state index is 14.1. The predicted octanol–water partition coefficient (Wildman–Crippen LogP) is 6.35. The average molecular weight is 567 g/mol. The van der Waals surface area contributed by atoms with E-state index in [9.17, 15) is 9.59 Å². The quantitative estimate of drug-likeness (QED) is 0.184. The van der Waals surface area contributed by atoms with Gasteiger partial charge in [-0.25, -0.2) is 4.98 Å². The van der Waals surface area contributed by atoms with Gasteiger partial charge in [-0.15, -0.1) is 11.3 Å². The summed E-state index contributed by atoms with van der Waals surface area (Å²) in [5, 5.41) is 4.26. The lowest BCUT2D eigenvalue weighted by Gasteiger charge is -2.26. The van der Waals surface area contributed by atoms with Crippen LogP contribution in [0.2, 0.25) is 0 Å². The van der Waals surface area contributed by atoms with E-state index in [0.29, 0.717) is 10.5 Å². The maximum Gasteiger partial charge on any atom is 0.267 e. The number of anilines is 1. The van der Waals surface area contributed by atoms with Crippen molar-refractivity contribution in [3.05, 3.63) is 116 Å². The molecule has 5 aromatic rings. The van der Waals surface area contributed by atoms with Gasteiger partial charge >= 0.3 is 0 Å². The van der Waals surface area contributed by atoms with Gasteiger partial charge in [-0.2, -0.15) is 0 Å². The van der Waals surface area contributed by atoms with Crippen LogP contribution in [0.25, 0.3) is 15.9 Å². The molecule has 0 unspecified atom stereocenters. The van der Waals surface area contributed by atoms with Crippen molar-refractivity contribution in [1.29, 1.82) is 0 Å². The van der Waals surface area contributed by atoms with Crippen LogP contribution in [0.1, 0.15) is 27.1 Å². The molecule has 0 radical (unpaired) electrons. The van der Waals surface area contributed by atoms with Crippen molar-refractivity contribution in [3.8, 4) is 5.69 Å². The lowest BCUT2D eigenvalue weighted by atomic mass is 10.0. The Morgan fingerprint density at radius 1 is 1.02 bits per heavy atom. The van der Waals surface area contributed by atoms with E-state index in [-0.39, 0.29) is 17.2 Å². The SMILES string of the molecule is Cc1ccc(C)c(NC(=O)CSc2nc3sc4c(c3c(=O)n2-c2ccccc2)CCN(Cc2ccccc2)C4)c1. The van der Waals surface area contributed by atoms with Gasteiger partial charge in [0.1, 0.15) is 4.83 Å². The third-order valence-corrected chi connectivity index (χ3v) is 9.23. The predicted molar refractivity (Wildman–Crippen MR) is 165 cm³/mol. The van der Waals surface area contributed by atoms with Crippen molar-refractivity contribution in [2.45, 2.75) is 38.5 Å². The Kier molecular flexibility index (Phi) is 7.56. The summed E-state index contributed by atoms with van der Waals surface area (Å²) < 4.78 is 1.67. The number of amides is 1. The first-order valence-electron chi connectivity index (χ1n) is 13.3. The molecule has 0 saturated carbocycles. The molecule has 1 aliphatic rings. The normalized spacial score (nSPS) is 13.3. The number of carbonyl (C=O) groups is 1. The molecule has 6 rings (SSSR count). The molecule has 1 amide bonds. The third kappa shape index (κ3) is 5.47. The van der Waals surface area contributed by atoms with Crippen LogP contribution in [0.4, 0.5) is 5.69 Å². The second kappa shape index (κ2) is 11.4. The van der Waals surface area contributed by atoms with Gasteiger partial charge in [-0.3, -0.25) is 19.1 Å². The van der Waals surface area contributed by atoms with Crippen molar-refractivity contribution < 1.29 is 4.79 Å². The van der Waals surface area contributed by atoms with Crippen LogP contribution in [0, 0.1) is 13.8 Å². The smallest absolute Gasteiger partial charge is 0.267 e. The minimum absolute atomic E-state index is 0.0670. The molecular weight excluding hydrogens is 537 g/mol. The fourth-order valence-corrected chi connectivity index (χ4v) is 7.26. The lowest BCUT2D eigenvalue weighted by molar-refractivity contribution is -0.113. The highest BCUT2D eigenvalue weighted by atomic mass is 32.2. The van der Waals surface area contributed by atoms with Gasteiger partial charge in [0.2, 0.25) is 5.91 Å². The van der Waals surface area contributed by atoms with Crippen molar-refractivity contribution in [2.24, 2.45) is 0 Å². The molecule has 40 heavy (non-hydrogen) atoms. The number of fused-ring (bicyclic) bond motifs is 3. The van der Waals surface area contributed by atoms with Crippen LogP contribution in [0.3, 0.4) is 0 Å². The van der Waals surface area contributed by atoms with Gasteiger partial charge in [0.15, 0.2) is 5.16 Å². The zero-order chi connectivity index (χ0) is 27.6. The van der Waals surface area contributed by atoms with Crippen LogP contribution in [0.5, 0.6) is 0 Å². The number of hydrogen-bond donors (Lipinski definition) is 1. The number of thiophene rings is 1. The Morgan fingerprint density at radius 3 is 2.55 bits per heavy atom. The Morgan fingerprint density at radius 2 is 1.77 bits per heavy atom. The highest BCUT2D eigenvalue weighted by molar-refractivity contribution is 7.99. The fraction of sp³-hybridized carbons (Fsp3) is 0.219. The van der Waals surface area contributed by atoms with Crippen LogP contribution >= 0.6 is 23.1 Å². The van der Waals surface area contributed by atoms with Gasteiger partial charge in [0.05, 0.1) is 16.8 Å². The standard InChI is InChI=1S/C32H30N4O2S2/c1-21-13-14-22(2)26(17-21)33-28(37)20-39-32-34-30-29(31(38)36(32)24-11-7-4-8-12-24)25-15-16-35(19-27(25)40-30)18-23-9-5-3-6-10-23/h3-14,17H,15-16,18-20H2,1-2H3,(H,33,37). The molecule has 3 aromatic carbocycles. The van der Waals surface area contributed by atoms with Crippen molar-refractivity contribution >= 4 is 44.9 Å². The minimum atomic E-state index is -0.130. The summed E-state index contributed by atoms with van der Waals surface area (Å²) in [5.41, 5.74) is 5.99. The number of hydrogen-bond acceptors (Lipinski definition) is 6. The molecule has 0 bridgehead atoms. The minimum Gasteiger partial charge on any atom is -0.325 e. The summed E-state index contributed by atoms with van der Waals surface area (Å²) in [6.07, 6.45) is 0.818. The van der Waals surface area contributed by atoms with Crippen molar-refractivity contribution in [3.63, 3.8) is 0 Å². The molecule has 1 N–H and O–H groups in total. The van der Waals surface area contributed by atoms with Crippen LogP contribution in [-0.4, -0.2) is 32.7 Å². The summed E-state index contributed by atoms with van der Waals surface area (Å²) >= 11 is 2.90. The molecule has 0 aliphatic carbocycles. The Balaban J connectivity index is 1.31. The molecule has 1 aliphatic heterocycles. The third-order valence-electron chi connectivity index (χ3n) is 7.19. The number of aryl methyl sites for hydroxylation is 2. The molecule has 8 heteroatoms. The van der Waals surface area contributed by atoms with E-state index in [1.165, 1.54) is 22.2 Å². The number of nitrogens with zero attached hydrogens (tertiary/aromatic N) is 3. The second-order valence-electron chi connectivity index (χ2n) is 10.2. The fourth-order valence-electron chi connectivity index (χ4n) is 5.14. The van der Waals surface area contributed by atoms with E-state index in [4.69, 9.17) is 4.98 Å². The van der Waals surface area contributed by atoms with E-state index in [1.807, 2.05) is 68.4 Å². The van der Waals surface area contributed by atoms with Crippen molar-refractivity contribution in [1.82, 2.24) is 14.5 Å². The Labute approximate surface area is 241 Å². The maximum absolute atomic E-state index is 14.1. The first-order chi connectivity index (χ1) is 19.5. The number of carbonyl (C=O) groups excluding carboxylic acids is 1. The highest BCUT2D eigenvalue weighted by Crippen LogP contribution is 2.35. The molecule has 2 aromatic heterocycles. The number of thioether (sulfide) groups is 1. The van der Waals surface area contributed by atoms with Gasteiger partial charge in [-0.1, -0.05) is 72.4 Å². The van der Waals surface area contributed by atoms with Crippen molar-refractivity contribution in [2.75, 3.05) is 17.6 Å². The number of para-hydroxylation sites is 1. The zero-order valence-electron chi connectivity index (χ0n) is 22.5. The van der Waals surface area contributed by atoms with Gasteiger partial charge in [0.25, 0.3) is 5.56 Å². The largest absolute Gasteiger partial charge is 0.325 e. The monoisotopic (exact) mass is 566 g/mol. The van der Waals surface area contributed by atoms with E-state index in [0.717, 1.165) is 59.0 Å². The molecule has 0 saturated heterocycles. The first-order valence-corrected chi connectivity index (χ1v) is 15.2. The molecule has 0 fully saturated rings. The summed E-state index contributed by atoms with van der Waals surface area (Å²) in [5.74, 6) is 0.0170. The topological polar surface area (TPSA) is 67.2 Å². The molecular formula is C32H30N4O2S2. The second-order valence-corrected chi connectivity index (χ2v) is 12.2. The highest BCUT2D eigenvalue weighted by Gasteiger charge is 2.26. The Hall–Kier alpha value is -3.72. The lowest BCUT2D eigenvalue weighted by Crippen LogP contribution is -2.30. The number of benzene rings is 3. The van der Waals surface area contributed by atoms with Crippen LogP contribution < -0.4 is 10.9 Å². The number of aromatic nitrogens is 2. The van der Waals surface area contributed by atoms with E-state index in [1.54, 1.807) is 15.9 Å². The molecule has 202 valence electrons. The number of nitrogens with one attached hydrogen (secondary N) is 1.